The summed E-state index contributed by atoms with van der Waals surface area (Å²) in [5.41, 5.74) is 3.06. The summed E-state index contributed by atoms with van der Waals surface area (Å²) >= 11 is 1.30. The van der Waals surface area contributed by atoms with Crippen LogP contribution in [0.5, 0.6) is 11.5 Å². The molecule has 3 aromatic rings. The molecule has 0 fully saturated rings. The molecule has 0 radical (unpaired) electrons. The molecule has 0 aliphatic rings. The van der Waals surface area contributed by atoms with Gasteiger partial charge in [0.2, 0.25) is 5.91 Å². The summed E-state index contributed by atoms with van der Waals surface area (Å²) in [7, 11) is 3.10. The zero-order valence-electron chi connectivity index (χ0n) is 17.0. The Labute approximate surface area is 178 Å². The van der Waals surface area contributed by atoms with Crippen molar-refractivity contribution >= 4 is 45.3 Å². The number of amides is 2. The van der Waals surface area contributed by atoms with E-state index in [2.05, 4.69) is 20.9 Å². The summed E-state index contributed by atoms with van der Waals surface area (Å²) < 4.78 is 10.7. The van der Waals surface area contributed by atoms with Crippen LogP contribution in [0.25, 0.3) is 0 Å². The molecular formula is C21H22N4O4S. The van der Waals surface area contributed by atoms with Gasteiger partial charge in [0.05, 0.1) is 25.6 Å². The van der Waals surface area contributed by atoms with Crippen LogP contribution in [0.4, 0.5) is 22.2 Å². The number of benzene rings is 2. The smallest absolute Gasteiger partial charge is 0.275 e. The summed E-state index contributed by atoms with van der Waals surface area (Å²) in [5.74, 6) is 0.546. The van der Waals surface area contributed by atoms with E-state index in [4.69, 9.17) is 9.47 Å². The molecule has 0 aliphatic carbocycles. The van der Waals surface area contributed by atoms with Crippen LogP contribution in [-0.2, 0) is 4.79 Å². The Morgan fingerprint density at radius 3 is 2.37 bits per heavy atom. The van der Waals surface area contributed by atoms with Gasteiger partial charge in [-0.2, -0.15) is 0 Å². The molecule has 0 aliphatic heterocycles. The van der Waals surface area contributed by atoms with Crippen molar-refractivity contribution in [2.45, 2.75) is 13.8 Å². The summed E-state index contributed by atoms with van der Waals surface area (Å²) in [6.07, 6.45) is 0. The monoisotopic (exact) mass is 426 g/mol. The van der Waals surface area contributed by atoms with Gasteiger partial charge >= 0.3 is 0 Å². The molecule has 2 aromatic carbocycles. The van der Waals surface area contributed by atoms with Crippen molar-refractivity contribution in [3.05, 3.63) is 53.0 Å². The molecule has 156 valence electrons. The van der Waals surface area contributed by atoms with Gasteiger partial charge in [0.15, 0.2) is 5.13 Å². The van der Waals surface area contributed by atoms with Crippen molar-refractivity contribution < 1.29 is 19.1 Å². The lowest BCUT2D eigenvalue weighted by molar-refractivity contribution is -0.114. The van der Waals surface area contributed by atoms with Crippen molar-refractivity contribution in [3.63, 3.8) is 0 Å². The maximum absolute atomic E-state index is 12.7. The quantitative estimate of drug-likeness (QED) is 0.517. The molecule has 3 rings (SSSR count). The number of methoxy groups -OCH3 is 2. The fourth-order valence-electron chi connectivity index (χ4n) is 2.74. The van der Waals surface area contributed by atoms with E-state index in [0.29, 0.717) is 28.0 Å². The molecule has 0 saturated carbocycles. The minimum Gasteiger partial charge on any atom is -0.495 e. The van der Waals surface area contributed by atoms with Crippen molar-refractivity contribution in [3.8, 4) is 11.5 Å². The Morgan fingerprint density at radius 1 is 0.967 bits per heavy atom. The third-order valence-corrected chi connectivity index (χ3v) is 4.86. The highest BCUT2D eigenvalue weighted by Gasteiger charge is 2.15. The molecule has 0 spiro atoms. The molecule has 2 amide bonds. The number of aryl methyl sites for hydroxylation is 1. The third kappa shape index (κ3) is 5.06. The molecule has 0 unspecified atom stereocenters. The molecule has 0 bridgehead atoms. The topological polar surface area (TPSA) is 102 Å². The number of aromatic nitrogens is 1. The lowest BCUT2D eigenvalue weighted by Crippen LogP contribution is -2.14. The SMILES string of the molecule is COc1ccc(NC(C)=O)cc1NC(=O)c1csc(Nc2cc(C)ccc2OC)n1. The predicted octanol–water partition coefficient (Wildman–Crippen LogP) is 4.42. The van der Waals surface area contributed by atoms with E-state index in [-0.39, 0.29) is 11.6 Å². The first-order valence-electron chi connectivity index (χ1n) is 9.03. The van der Waals surface area contributed by atoms with Crippen LogP contribution >= 0.6 is 11.3 Å². The minimum absolute atomic E-state index is 0.209. The normalized spacial score (nSPS) is 10.3. The second-order valence-corrected chi connectivity index (χ2v) is 7.28. The first-order chi connectivity index (χ1) is 14.4. The van der Waals surface area contributed by atoms with Crippen LogP contribution in [0.2, 0.25) is 0 Å². The van der Waals surface area contributed by atoms with E-state index >= 15 is 0 Å². The second-order valence-electron chi connectivity index (χ2n) is 6.42. The Hall–Kier alpha value is -3.59. The van der Waals surface area contributed by atoms with Crippen molar-refractivity contribution in [2.75, 3.05) is 30.2 Å². The van der Waals surface area contributed by atoms with E-state index in [9.17, 15) is 9.59 Å². The molecule has 30 heavy (non-hydrogen) atoms. The molecule has 3 N–H and O–H groups in total. The van der Waals surface area contributed by atoms with Gasteiger partial charge in [0, 0.05) is 18.0 Å². The average Bonchev–Trinajstić information content (AvgIpc) is 3.17. The zero-order chi connectivity index (χ0) is 21.7. The maximum Gasteiger partial charge on any atom is 0.275 e. The molecule has 1 heterocycles. The molecular weight excluding hydrogens is 404 g/mol. The number of nitrogens with one attached hydrogen (secondary N) is 3. The third-order valence-electron chi connectivity index (χ3n) is 4.10. The number of ether oxygens (including phenoxy) is 2. The highest BCUT2D eigenvalue weighted by molar-refractivity contribution is 7.14. The Bertz CT molecular complexity index is 1080. The van der Waals surface area contributed by atoms with E-state index in [1.165, 1.54) is 25.4 Å². The number of carbonyl (C=O) groups excluding carboxylic acids is 2. The highest BCUT2D eigenvalue weighted by atomic mass is 32.1. The summed E-state index contributed by atoms with van der Waals surface area (Å²) in [4.78, 5) is 28.3. The molecule has 9 heteroatoms. The predicted molar refractivity (Wildman–Crippen MR) is 118 cm³/mol. The van der Waals surface area contributed by atoms with Crippen LogP contribution in [0.1, 0.15) is 23.0 Å². The molecule has 0 saturated heterocycles. The number of thiazole rings is 1. The van der Waals surface area contributed by atoms with Crippen LogP contribution in [-0.4, -0.2) is 31.0 Å². The van der Waals surface area contributed by atoms with Crippen LogP contribution in [0, 0.1) is 6.92 Å². The molecule has 8 nitrogen and oxygen atoms in total. The largest absolute Gasteiger partial charge is 0.495 e. The van der Waals surface area contributed by atoms with Gasteiger partial charge in [-0.05, 0) is 42.8 Å². The van der Waals surface area contributed by atoms with Crippen LogP contribution in [0.3, 0.4) is 0 Å². The van der Waals surface area contributed by atoms with E-state index in [1.54, 1.807) is 30.7 Å². The second kappa shape index (κ2) is 9.27. The minimum atomic E-state index is -0.395. The zero-order valence-corrected chi connectivity index (χ0v) is 17.8. The Kier molecular flexibility index (Phi) is 6.53. The number of nitrogens with zero attached hydrogens (tertiary/aromatic N) is 1. The maximum atomic E-state index is 12.7. The van der Waals surface area contributed by atoms with Crippen LogP contribution in [0.15, 0.2) is 41.8 Å². The average molecular weight is 426 g/mol. The standard InChI is InChI=1S/C21H22N4O4S/c1-12-5-7-18(28-3)15(9-12)24-21-25-17(11-30-21)20(27)23-16-10-14(22-13(2)26)6-8-19(16)29-4/h5-11H,1-4H3,(H,22,26)(H,23,27)(H,24,25). The summed E-state index contributed by atoms with van der Waals surface area (Å²) in [6, 6.07) is 10.7. The van der Waals surface area contributed by atoms with Gasteiger partial charge in [0.25, 0.3) is 5.91 Å². The number of hydrogen-bond donors (Lipinski definition) is 3. The van der Waals surface area contributed by atoms with Crippen molar-refractivity contribution in [1.82, 2.24) is 4.98 Å². The highest BCUT2D eigenvalue weighted by Crippen LogP contribution is 2.31. The van der Waals surface area contributed by atoms with Gasteiger partial charge in [-0.15, -0.1) is 11.3 Å². The fourth-order valence-corrected chi connectivity index (χ4v) is 3.45. The Balaban J connectivity index is 1.77. The molecule has 1 aromatic heterocycles. The van der Waals surface area contributed by atoms with Crippen LogP contribution < -0.4 is 25.4 Å². The first-order valence-corrected chi connectivity index (χ1v) is 9.91. The van der Waals surface area contributed by atoms with Gasteiger partial charge < -0.3 is 25.4 Å². The van der Waals surface area contributed by atoms with E-state index in [1.807, 2.05) is 25.1 Å². The number of hydrogen-bond acceptors (Lipinski definition) is 7. The molecule has 0 atom stereocenters. The Morgan fingerprint density at radius 2 is 1.67 bits per heavy atom. The lowest BCUT2D eigenvalue weighted by Gasteiger charge is -2.12. The van der Waals surface area contributed by atoms with E-state index in [0.717, 1.165) is 11.3 Å². The summed E-state index contributed by atoms with van der Waals surface area (Å²) in [5, 5.41) is 10.9. The van der Waals surface area contributed by atoms with Gasteiger partial charge in [-0.25, -0.2) is 4.98 Å². The van der Waals surface area contributed by atoms with Gasteiger partial charge in [-0.1, -0.05) is 6.07 Å². The number of rotatable bonds is 7. The first kappa shape index (κ1) is 21.1. The van der Waals surface area contributed by atoms with Gasteiger partial charge in [-0.3, -0.25) is 9.59 Å². The van der Waals surface area contributed by atoms with Crippen molar-refractivity contribution in [2.24, 2.45) is 0 Å². The number of anilines is 4. The van der Waals surface area contributed by atoms with Crippen molar-refractivity contribution in [1.29, 1.82) is 0 Å². The summed E-state index contributed by atoms with van der Waals surface area (Å²) in [6.45, 7) is 3.39. The van der Waals surface area contributed by atoms with Gasteiger partial charge in [0.1, 0.15) is 17.2 Å². The lowest BCUT2D eigenvalue weighted by atomic mass is 10.2. The fraction of sp³-hybridized carbons (Fsp3) is 0.190. The number of carbonyl (C=O) groups is 2. The van der Waals surface area contributed by atoms with E-state index < -0.39 is 5.91 Å².